The van der Waals surface area contributed by atoms with Crippen LogP contribution >= 0.6 is 11.6 Å². The van der Waals surface area contributed by atoms with Crippen LogP contribution in [-0.2, 0) is 5.41 Å². The Morgan fingerprint density at radius 1 is 1.41 bits per heavy atom. The minimum atomic E-state index is -0.165. The maximum absolute atomic E-state index is 13.9. The molecule has 17 heavy (non-hydrogen) atoms. The van der Waals surface area contributed by atoms with Crippen molar-refractivity contribution in [3.8, 4) is 0 Å². The van der Waals surface area contributed by atoms with Crippen molar-refractivity contribution in [2.45, 2.75) is 32.1 Å². The monoisotopic (exact) mass is 255 g/mol. The Bertz CT molecular complexity index is 379. The van der Waals surface area contributed by atoms with Gasteiger partial charge in [0.25, 0.3) is 0 Å². The summed E-state index contributed by atoms with van der Waals surface area (Å²) < 4.78 is 13.9. The summed E-state index contributed by atoms with van der Waals surface area (Å²) in [4.78, 5) is 0. The highest BCUT2D eigenvalue weighted by Gasteiger charge is 2.46. The van der Waals surface area contributed by atoms with Crippen LogP contribution < -0.4 is 5.32 Å². The van der Waals surface area contributed by atoms with E-state index in [0.29, 0.717) is 16.5 Å². The second-order valence-electron chi connectivity index (χ2n) is 5.40. The third-order valence-corrected chi connectivity index (χ3v) is 3.68. The fraction of sp³-hybridized carbons (Fsp3) is 0.571. The smallest absolute Gasteiger partial charge is 0.128 e. The lowest BCUT2D eigenvalue weighted by Crippen LogP contribution is -2.30. The Hall–Kier alpha value is -0.600. The summed E-state index contributed by atoms with van der Waals surface area (Å²) >= 11 is 6.13. The minimum absolute atomic E-state index is 0.0582. The van der Waals surface area contributed by atoms with Gasteiger partial charge in [-0.3, -0.25) is 0 Å². The van der Waals surface area contributed by atoms with Gasteiger partial charge in [0.05, 0.1) is 0 Å². The Kier molecular flexibility index (Phi) is 3.74. The summed E-state index contributed by atoms with van der Waals surface area (Å²) in [5.74, 6) is 0.447. The topological polar surface area (TPSA) is 12.0 Å². The van der Waals surface area contributed by atoms with E-state index in [1.165, 1.54) is 6.07 Å². The van der Waals surface area contributed by atoms with Gasteiger partial charge in [-0.15, -0.1) is 0 Å². The van der Waals surface area contributed by atoms with Crippen molar-refractivity contribution in [1.82, 2.24) is 5.32 Å². The molecule has 94 valence electrons. The Morgan fingerprint density at radius 2 is 2.12 bits per heavy atom. The van der Waals surface area contributed by atoms with Gasteiger partial charge >= 0.3 is 0 Å². The van der Waals surface area contributed by atoms with Crippen molar-refractivity contribution in [3.63, 3.8) is 0 Å². The van der Waals surface area contributed by atoms with Crippen LogP contribution in [0.5, 0.6) is 0 Å². The standard InChI is InChI=1S/C14H19ClFN/c1-10(2)8-17-9-14(6-7-14)13-11(15)4-3-5-12(13)16/h3-5,10,17H,6-9H2,1-2H3. The molecule has 0 amide bonds. The molecule has 0 aliphatic heterocycles. The van der Waals surface area contributed by atoms with Crippen molar-refractivity contribution in [2.75, 3.05) is 13.1 Å². The van der Waals surface area contributed by atoms with E-state index in [-0.39, 0.29) is 11.2 Å². The van der Waals surface area contributed by atoms with Crippen LogP contribution in [-0.4, -0.2) is 13.1 Å². The molecular formula is C14H19ClFN. The van der Waals surface area contributed by atoms with Crippen molar-refractivity contribution in [1.29, 1.82) is 0 Å². The normalized spacial score (nSPS) is 17.5. The second kappa shape index (κ2) is 4.95. The Labute approximate surface area is 107 Å². The zero-order chi connectivity index (χ0) is 12.5. The van der Waals surface area contributed by atoms with Crippen LogP contribution in [0, 0.1) is 11.7 Å². The van der Waals surface area contributed by atoms with Crippen molar-refractivity contribution in [3.05, 3.63) is 34.6 Å². The third-order valence-electron chi connectivity index (χ3n) is 3.36. The minimum Gasteiger partial charge on any atom is -0.316 e. The molecule has 2 rings (SSSR count). The van der Waals surface area contributed by atoms with Crippen LogP contribution in [0.2, 0.25) is 5.02 Å². The summed E-state index contributed by atoms with van der Waals surface area (Å²) in [5, 5.41) is 3.98. The molecule has 1 saturated carbocycles. The van der Waals surface area contributed by atoms with Crippen LogP contribution in [0.4, 0.5) is 4.39 Å². The summed E-state index contributed by atoms with van der Waals surface area (Å²) in [6.07, 6.45) is 2.05. The molecule has 0 spiro atoms. The predicted molar refractivity (Wildman–Crippen MR) is 70.0 cm³/mol. The maximum Gasteiger partial charge on any atom is 0.128 e. The van der Waals surface area contributed by atoms with Crippen LogP contribution in [0.1, 0.15) is 32.3 Å². The van der Waals surface area contributed by atoms with Crippen molar-refractivity contribution < 1.29 is 4.39 Å². The number of hydrogen-bond acceptors (Lipinski definition) is 1. The van der Waals surface area contributed by atoms with Gasteiger partial charge < -0.3 is 5.32 Å². The molecule has 0 saturated heterocycles. The predicted octanol–water partition coefficient (Wildman–Crippen LogP) is 3.76. The Balaban J connectivity index is 2.10. The number of hydrogen-bond donors (Lipinski definition) is 1. The van der Waals surface area contributed by atoms with Crippen LogP contribution in [0.15, 0.2) is 18.2 Å². The van der Waals surface area contributed by atoms with Crippen molar-refractivity contribution >= 4 is 11.6 Å². The zero-order valence-electron chi connectivity index (χ0n) is 10.4. The first kappa shape index (κ1) is 12.8. The summed E-state index contributed by atoms with van der Waals surface area (Å²) in [6.45, 7) is 6.13. The van der Waals surface area contributed by atoms with Gasteiger partial charge in [0.2, 0.25) is 0 Å². The largest absolute Gasteiger partial charge is 0.316 e. The summed E-state index contributed by atoms with van der Waals surface area (Å²) in [7, 11) is 0. The second-order valence-corrected chi connectivity index (χ2v) is 5.81. The lowest BCUT2D eigenvalue weighted by atomic mass is 9.95. The summed E-state index contributed by atoms with van der Waals surface area (Å²) in [5.41, 5.74) is 0.648. The molecule has 0 bridgehead atoms. The molecular weight excluding hydrogens is 237 g/mol. The van der Waals surface area contributed by atoms with Gasteiger partial charge in [-0.05, 0) is 37.4 Å². The first-order valence-corrected chi connectivity index (χ1v) is 6.58. The highest BCUT2D eigenvalue weighted by atomic mass is 35.5. The first-order chi connectivity index (χ1) is 8.05. The molecule has 0 atom stereocenters. The van der Waals surface area contributed by atoms with Gasteiger partial charge in [-0.1, -0.05) is 31.5 Å². The molecule has 3 heteroatoms. The molecule has 1 fully saturated rings. The van der Waals surface area contributed by atoms with E-state index in [4.69, 9.17) is 11.6 Å². The molecule has 1 N–H and O–H groups in total. The van der Waals surface area contributed by atoms with E-state index in [2.05, 4.69) is 19.2 Å². The fourth-order valence-electron chi connectivity index (χ4n) is 2.27. The molecule has 1 aliphatic rings. The molecule has 1 aliphatic carbocycles. The quantitative estimate of drug-likeness (QED) is 0.845. The number of benzene rings is 1. The van der Waals surface area contributed by atoms with E-state index in [1.54, 1.807) is 12.1 Å². The van der Waals surface area contributed by atoms with E-state index in [9.17, 15) is 4.39 Å². The maximum atomic E-state index is 13.9. The lowest BCUT2D eigenvalue weighted by Gasteiger charge is -2.19. The van der Waals surface area contributed by atoms with Crippen LogP contribution in [0.3, 0.4) is 0 Å². The SMILES string of the molecule is CC(C)CNCC1(c2c(F)cccc2Cl)CC1. The zero-order valence-corrected chi connectivity index (χ0v) is 11.1. The van der Waals surface area contributed by atoms with Crippen molar-refractivity contribution in [2.24, 2.45) is 5.92 Å². The number of halogens is 2. The highest BCUT2D eigenvalue weighted by molar-refractivity contribution is 6.31. The van der Waals surface area contributed by atoms with Crippen LogP contribution in [0.25, 0.3) is 0 Å². The highest BCUT2D eigenvalue weighted by Crippen LogP contribution is 2.50. The molecule has 0 radical (unpaired) electrons. The van der Waals surface area contributed by atoms with Gasteiger partial charge in [-0.2, -0.15) is 0 Å². The number of rotatable bonds is 5. The summed E-state index contributed by atoms with van der Waals surface area (Å²) in [6, 6.07) is 4.95. The number of nitrogens with one attached hydrogen (secondary N) is 1. The Morgan fingerprint density at radius 3 is 2.65 bits per heavy atom. The first-order valence-electron chi connectivity index (χ1n) is 6.20. The van der Waals surface area contributed by atoms with E-state index < -0.39 is 0 Å². The molecule has 1 nitrogen and oxygen atoms in total. The fourth-order valence-corrected chi connectivity index (χ4v) is 2.63. The third kappa shape index (κ3) is 2.80. The average Bonchev–Trinajstić information content (AvgIpc) is 2.98. The molecule has 1 aromatic carbocycles. The molecule has 1 aromatic rings. The lowest BCUT2D eigenvalue weighted by molar-refractivity contribution is 0.493. The average molecular weight is 256 g/mol. The van der Waals surface area contributed by atoms with E-state index in [0.717, 1.165) is 25.9 Å². The van der Waals surface area contributed by atoms with E-state index in [1.807, 2.05) is 0 Å². The van der Waals surface area contributed by atoms with Gasteiger partial charge in [0.15, 0.2) is 0 Å². The van der Waals surface area contributed by atoms with E-state index >= 15 is 0 Å². The van der Waals surface area contributed by atoms with Gasteiger partial charge in [0, 0.05) is 22.5 Å². The van der Waals surface area contributed by atoms with Gasteiger partial charge in [-0.25, -0.2) is 4.39 Å². The molecule has 0 heterocycles. The molecule has 0 aromatic heterocycles. The molecule has 0 unspecified atom stereocenters. The van der Waals surface area contributed by atoms with Gasteiger partial charge in [0.1, 0.15) is 5.82 Å².